The molecule has 1 aliphatic rings. The highest BCUT2D eigenvalue weighted by Crippen LogP contribution is 2.37. The monoisotopic (exact) mass is 368 g/mol. The van der Waals surface area contributed by atoms with Crippen LogP contribution in [0.3, 0.4) is 0 Å². The van der Waals surface area contributed by atoms with Crippen molar-refractivity contribution in [3.8, 4) is 0 Å². The summed E-state index contributed by atoms with van der Waals surface area (Å²) in [6.07, 6.45) is 12.7. The molecule has 1 rings (SSSR count). The summed E-state index contributed by atoms with van der Waals surface area (Å²) >= 11 is 0. The van der Waals surface area contributed by atoms with Gasteiger partial charge in [0.15, 0.2) is 0 Å². The second-order valence-corrected chi connectivity index (χ2v) is 7.78. The lowest BCUT2D eigenvalue weighted by Crippen LogP contribution is -2.24. The predicted octanol–water partition coefficient (Wildman–Crippen LogP) is 3.43. The molecule has 5 atom stereocenters. The van der Waals surface area contributed by atoms with Crippen LogP contribution in [0.5, 0.6) is 0 Å². The Labute approximate surface area is 157 Å². The average Bonchev–Trinajstić information content (AvgIpc) is 2.82. The molecule has 1 aliphatic carbocycles. The SMILES string of the molecule is CCCCC[C@](C)(O)/C=C/[C@H]1[C@@H](C/C=C\CCCC(=O)O)[C@@H](O)C[C@H]1O. The van der Waals surface area contributed by atoms with E-state index in [-0.39, 0.29) is 18.3 Å². The lowest BCUT2D eigenvalue weighted by molar-refractivity contribution is -0.137. The molecule has 0 aliphatic heterocycles. The van der Waals surface area contributed by atoms with Gasteiger partial charge in [0.05, 0.1) is 17.8 Å². The largest absolute Gasteiger partial charge is 0.481 e. The number of hydrogen-bond acceptors (Lipinski definition) is 4. The molecule has 0 amide bonds. The minimum absolute atomic E-state index is 0.0802. The van der Waals surface area contributed by atoms with Crippen LogP contribution in [0.15, 0.2) is 24.3 Å². The van der Waals surface area contributed by atoms with E-state index in [0.717, 1.165) is 19.3 Å². The predicted molar refractivity (Wildman–Crippen MR) is 103 cm³/mol. The highest BCUT2D eigenvalue weighted by atomic mass is 16.4. The zero-order valence-corrected chi connectivity index (χ0v) is 16.2. The van der Waals surface area contributed by atoms with Crippen LogP contribution in [0.2, 0.25) is 0 Å². The first kappa shape index (κ1) is 22.9. The van der Waals surface area contributed by atoms with Crippen LogP contribution in [-0.4, -0.2) is 44.2 Å². The number of unbranched alkanes of at least 4 members (excludes halogenated alkanes) is 3. The van der Waals surface area contributed by atoms with Crippen molar-refractivity contribution in [2.24, 2.45) is 11.8 Å². The highest BCUT2D eigenvalue weighted by Gasteiger charge is 2.39. The second kappa shape index (κ2) is 11.5. The molecule has 0 saturated heterocycles. The fourth-order valence-corrected chi connectivity index (χ4v) is 3.58. The molecule has 26 heavy (non-hydrogen) atoms. The highest BCUT2D eigenvalue weighted by molar-refractivity contribution is 5.66. The Morgan fingerprint density at radius 2 is 1.88 bits per heavy atom. The molecule has 0 radical (unpaired) electrons. The lowest BCUT2D eigenvalue weighted by Gasteiger charge is -2.23. The maximum absolute atomic E-state index is 10.5. The third-order valence-corrected chi connectivity index (χ3v) is 5.22. The fraction of sp³-hybridized carbons (Fsp3) is 0.762. The number of aliphatic hydroxyl groups excluding tert-OH is 2. The third-order valence-electron chi connectivity index (χ3n) is 5.22. The van der Waals surface area contributed by atoms with Gasteiger partial charge in [0, 0.05) is 18.8 Å². The van der Waals surface area contributed by atoms with Crippen LogP contribution >= 0.6 is 0 Å². The van der Waals surface area contributed by atoms with E-state index in [0.29, 0.717) is 32.1 Å². The van der Waals surface area contributed by atoms with Gasteiger partial charge in [0.25, 0.3) is 0 Å². The first-order chi connectivity index (χ1) is 12.3. The topological polar surface area (TPSA) is 98.0 Å². The summed E-state index contributed by atoms with van der Waals surface area (Å²) in [6, 6.07) is 0. The van der Waals surface area contributed by atoms with Gasteiger partial charge in [-0.15, -0.1) is 0 Å². The van der Waals surface area contributed by atoms with E-state index in [2.05, 4.69) is 6.92 Å². The fourth-order valence-electron chi connectivity index (χ4n) is 3.58. The van der Waals surface area contributed by atoms with Crippen molar-refractivity contribution in [3.05, 3.63) is 24.3 Å². The summed E-state index contributed by atoms with van der Waals surface area (Å²) in [7, 11) is 0. The smallest absolute Gasteiger partial charge is 0.303 e. The van der Waals surface area contributed by atoms with Crippen LogP contribution in [0.4, 0.5) is 0 Å². The third kappa shape index (κ3) is 8.47. The number of aliphatic hydroxyl groups is 3. The molecule has 5 heteroatoms. The van der Waals surface area contributed by atoms with E-state index < -0.39 is 23.8 Å². The minimum atomic E-state index is -0.889. The van der Waals surface area contributed by atoms with E-state index in [1.807, 2.05) is 18.2 Å². The van der Waals surface area contributed by atoms with Crippen LogP contribution < -0.4 is 0 Å². The van der Waals surface area contributed by atoms with Gasteiger partial charge in [-0.1, -0.05) is 50.5 Å². The molecular formula is C21H36O5. The quantitative estimate of drug-likeness (QED) is 0.312. The Hall–Kier alpha value is -1.17. The molecule has 1 saturated carbocycles. The second-order valence-electron chi connectivity index (χ2n) is 7.78. The zero-order chi connectivity index (χ0) is 19.6. The zero-order valence-electron chi connectivity index (χ0n) is 16.2. The maximum atomic E-state index is 10.5. The van der Waals surface area contributed by atoms with Gasteiger partial charge in [0.2, 0.25) is 0 Å². The molecule has 0 spiro atoms. The van der Waals surface area contributed by atoms with Gasteiger partial charge in [-0.3, -0.25) is 4.79 Å². The molecule has 0 unspecified atom stereocenters. The lowest BCUT2D eigenvalue weighted by atomic mass is 9.88. The number of rotatable bonds is 12. The van der Waals surface area contributed by atoms with Crippen molar-refractivity contribution in [1.29, 1.82) is 0 Å². The molecular weight excluding hydrogens is 332 g/mol. The molecule has 0 aromatic heterocycles. The van der Waals surface area contributed by atoms with Crippen molar-refractivity contribution in [3.63, 3.8) is 0 Å². The molecule has 4 N–H and O–H groups in total. The Morgan fingerprint density at radius 3 is 2.54 bits per heavy atom. The Kier molecular flexibility index (Phi) is 10.1. The van der Waals surface area contributed by atoms with Gasteiger partial charge in [0.1, 0.15) is 0 Å². The van der Waals surface area contributed by atoms with Gasteiger partial charge in [-0.05, 0) is 38.5 Å². The van der Waals surface area contributed by atoms with Crippen molar-refractivity contribution in [2.75, 3.05) is 0 Å². The number of carboxylic acid groups (broad SMARTS) is 1. The Bertz CT molecular complexity index is 469. The summed E-state index contributed by atoms with van der Waals surface area (Å²) in [6.45, 7) is 3.91. The minimum Gasteiger partial charge on any atom is -0.481 e. The van der Waals surface area contributed by atoms with E-state index in [1.165, 1.54) is 0 Å². The summed E-state index contributed by atoms with van der Waals surface area (Å²) < 4.78 is 0. The van der Waals surface area contributed by atoms with Crippen molar-refractivity contribution >= 4 is 5.97 Å². The van der Waals surface area contributed by atoms with Gasteiger partial charge in [-0.2, -0.15) is 0 Å². The van der Waals surface area contributed by atoms with Crippen molar-refractivity contribution in [1.82, 2.24) is 0 Å². The number of allylic oxidation sites excluding steroid dienone is 2. The van der Waals surface area contributed by atoms with Gasteiger partial charge >= 0.3 is 5.97 Å². The Balaban J connectivity index is 2.56. The molecule has 0 aromatic rings. The maximum Gasteiger partial charge on any atom is 0.303 e. The summed E-state index contributed by atoms with van der Waals surface area (Å²) in [4.78, 5) is 10.5. The van der Waals surface area contributed by atoms with Crippen molar-refractivity contribution < 1.29 is 25.2 Å². The summed E-state index contributed by atoms with van der Waals surface area (Å²) in [5.74, 6) is -1.04. The Morgan fingerprint density at radius 1 is 1.15 bits per heavy atom. The first-order valence-corrected chi connectivity index (χ1v) is 9.91. The van der Waals surface area contributed by atoms with Gasteiger partial charge in [-0.25, -0.2) is 0 Å². The average molecular weight is 369 g/mol. The van der Waals surface area contributed by atoms with E-state index in [4.69, 9.17) is 5.11 Å². The van der Waals surface area contributed by atoms with Crippen molar-refractivity contribution in [2.45, 2.75) is 89.4 Å². The van der Waals surface area contributed by atoms with Crippen LogP contribution in [0.1, 0.15) is 71.6 Å². The summed E-state index contributed by atoms with van der Waals surface area (Å²) in [5.41, 5.74) is -0.889. The normalized spacial score (nSPS) is 28.8. The van der Waals surface area contributed by atoms with E-state index >= 15 is 0 Å². The van der Waals surface area contributed by atoms with Crippen LogP contribution in [0, 0.1) is 11.8 Å². The molecule has 0 aromatic carbocycles. The van der Waals surface area contributed by atoms with Crippen LogP contribution in [-0.2, 0) is 4.79 Å². The first-order valence-electron chi connectivity index (χ1n) is 9.91. The molecule has 0 bridgehead atoms. The number of hydrogen-bond donors (Lipinski definition) is 4. The molecule has 150 valence electrons. The van der Waals surface area contributed by atoms with Crippen LogP contribution in [0.25, 0.3) is 0 Å². The van der Waals surface area contributed by atoms with Gasteiger partial charge < -0.3 is 20.4 Å². The molecule has 1 fully saturated rings. The summed E-state index contributed by atoms with van der Waals surface area (Å²) in [5, 5.41) is 39.6. The number of carbonyl (C=O) groups is 1. The standard InChI is InChI=1S/C21H36O5/c1-3-4-9-13-21(2,26)14-12-17-16(18(22)15-19(17)23)10-7-5-6-8-11-20(24)25/h5,7,12,14,16-19,22-23,26H,3-4,6,8-11,13,15H2,1-2H3,(H,24,25)/b7-5-,14-12+/t16-,17+,18+,19-,21+/m1/s1. The van der Waals surface area contributed by atoms with E-state index in [9.17, 15) is 20.1 Å². The number of aliphatic carboxylic acids is 1. The van der Waals surface area contributed by atoms with E-state index in [1.54, 1.807) is 13.0 Å². The molecule has 0 heterocycles. The number of carboxylic acids is 1. The molecule has 5 nitrogen and oxygen atoms in total.